The lowest BCUT2D eigenvalue weighted by molar-refractivity contribution is 0.0420. The molecule has 2 aromatic rings. The average Bonchev–Trinajstić information content (AvgIpc) is 3.35. The number of nitrogens with one attached hydrogen (secondary N) is 2. The zero-order valence-corrected chi connectivity index (χ0v) is 16.2. The van der Waals surface area contributed by atoms with Gasteiger partial charge in [-0.25, -0.2) is 4.98 Å². The maximum Gasteiger partial charge on any atom is 0.191 e. The van der Waals surface area contributed by atoms with E-state index in [9.17, 15) is 0 Å². The average molecular weight is 374 g/mol. The Morgan fingerprint density at radius 2 is 2.26 bits per heavy atom. The predicted molar refractivity (Wildman–Crippen MR) is 108 cm³/mol. The molecule has 2 N–H and O–H groups in total. The van der Waals surface area contributed by atoms with Crippen LogP contribution in [0, 0.1) is 0 Å². The summed E-state index contributed by atoms with van der Waals surface area (Å²) in [6, 6.07) is 8.22. The lowest BCUT2D eigenvalue weighted by Gasteiger charge is -2.13. The van der Waals surface area contributed by atoms with E-state index >= 15 is 0 Å². The van der Waals surface area contributed by atoms with E-state index in [1.165, 1.54) is 5.52 Å². The summed E-state index contributed by atoms with van der Waals surface area (Å²) in [7, 11) is 0. The standard InChI is InChI=1S/C20H31N5O2/c1-2-21-20(23-11-6-13-27-17-9-14-26-15-17)22-10-5-12-25-16-24-18-7-3-4-8-19(18)25/h3-4,7-8,16-17H,2,5-6,9-15H2,1H3,(H2,21,22,23). The molecule has 1 saturated heterocycles. The van der Waals surface area contributed by atoms with Crippen molar-refractivity contribution in [1.29, 1.82) is 0 Å². The monoisotopic (exact) mass is 373 g/mol. The maximum atomic E-state index is 5.79. The van der Waals surface area contributed by atoms with E-state index in [4.69, 9.17) is 9.47 Å². The number of aryl methyl sites for hydroxylation is 1. The molecule has 3 rings (SSSR count). The van der Waals surface area contributed by atoms with E-state index in [1.54, 1.807) is 0 Å². The van der Waals surface area contributed by atoms with Crippen molar-refractivity contribution >= 4 is 17.0 Å². The molecule has 2 heterocycles. The largest absolute Gasteiger partial charge is 0.379 e. The summed E-state index contributed by atoms with van der Waals surface area (Å²) in [6.07, 6.45) is 5.15. The number of nitrogens with zero attached hydrogens (tertiary/aromatic N) is 3. The number of aliphatic imine (C=N–C) groups is 1. The number of hydrogen-bond acceptors (Lipinski definition) is 4. The van der Waals surface area contributed by atoms with Gasteiger partial charge in [0.25, 0.3) is 0 Å². The molecule has 0 amide bonds. The zero-order valence-electron chi connectivity index (χ0n) is 16.2. The van der Waals surface area contributed by atoms with E-state index < -0.39 is 0 Å². The molecule has 148 valence electrons. The van der Waals surface area contributed by atoms with Gasteiger partial charge in [-0.05, 0) is 38.3 Å². The fourth-order valence-electron chi connectivity index (χ4n) is 3.14. The highest BCUT2D eigenvalue weighted by Gasteiger charge is 2.15. The summed E-state index contributed by atoms with van der Waals surface area (Å²) in [5.41, 5.74) is 2.22. The first-order valence-electron chi connectivity index (χ1n) is 9.98. The van der Waals surface area contributed by atoms with Gasteiger partial charge in [0.1, 0.15) is 0 Å². The normalized spacial score (nSPS) is 17.5. The van der Waals surface area contributed by atoms with Gasteiger partial charge in [0.15, 0.2) is 5.96 Å². The molecular formula is C20H31N5O2. The van der Waals surface area contributed by atoms with Crippen LogP contribution in [0.3, 0.4) is 0 Å². The van der Waals surface area contributed by atoms with Gasteiger partial charge in [-0.1, -0.05) is 12.1 Å². The fourth-order valence-corrected chi connectivity index (χ4v) is 3.14. The molecule has 1 aliphatic heterocycles. The molecule has 0 radical (unpaired) electrons. The fraction of sp³-hybridized carbons (Fsp3) is 0.600. The highest BCUT2D eigenvalue weighted by molar-refractivity contribution is 5.79. The van der Waals surface area contributed by atoms with E-state index in [2.05, 4.69) is 44.2 Å². The number of guanidine groups is 1. The zero-order chi connectivity index (χ0) is 18.7. The third-order valence-electron chi connectivity index (χ3n) is 4.55. The van der Waals surface area contributed by atoms with Crippen molar-refractivity contribution in [1.82, 2.24) is 20.2 Å². The van der Waals surface area contributed by atoms with Crippen molar-refractivity contribution in [2.75, 3.05) is 39.5 Å². The van der Waals surface area contributed by atoms with Crippen LogP contribution in [0.15, 0.2) is 35.6 Å². The predicted octanol–water partition coefficient (Wildman–Crippen LogP) is 2.18. The Bertz CT molecular complexity index is 709. The Balaban J connectivity index is 1.35. The van der Waals surface area contributed by atoms with Crippen molar-refractivity contribution in [2.24, 2.45) is 4.99 Å². The molecule has 1 aromatic heterocycles. The summed E-state index contributed by atoms with van der Waals surface area (Å²) in [6.45, 7) is 7.81. The Morgan fingerprint density at radius 3 is 3.11 bits per heavy atom. The third-order valence-corrected chi connectivity index (χ3v) is 4.55. The van der Waals surface area contributed by atoms with Crippen molar-refractivity contribution in [2.45, 2.75) is 38.8 Å². The first-order chi connectivity index (χ1) is 13.4. The Hall–Kier alpha value is -2.12. The van der Waals surface area contributed by atoms with Crippen molar-refractivity contribution < 1.29 is 9.47 Å². The molecule has 7 heteroatoms. The highest BCUT2D eigenvalue weighted by atomic mass is 16.5. The Kier molecular flexibility index (Phi) is 7.92. The molecule has 7 nitrogen and oxygen atoms in total. The Morgan fingerprint density at radius 1 is 1.33 bits per heavy atom. The molecule has 0 aliphatic carbocycles. The number of fused-ring (bicyclic) bond motifs is 1. The molecule has 0 spiro atoms. The van der Waals surface area contributed by atoms with Crippen molar-refractivity contribution in [3.05, 3.63) is 30.6 Å². The van der Waals surface area contributed by atoms with Gasteiger partial charge in [-0.2, -0.15) is 0 Å². The molecule has 1 aromatic carbocycles. The molecule has 1 fully saturated rings. The first-order valence-corrected chi connectivity index (χ1v) is 9.98. The second kappa shape index (κ2) is 10.9. The molecular weight excluding hydrogens is 342 g/mol. The van der Waals surface area contributed by atoms with E-state index in [-0.39, 0.29) is 6.10 Å². The summed E-state index contributed by atoms with van der Waals surface area (Å²) in [5, 5.41) is 6.67. The van der Waals surface area contributed by atoms with Crippen LogP contribution < -0.4 is 10.6 Å². The molecule has 1 atom stereocenters. The van der Waals surface area contributed by atoms with Gasteiger partial charge in [0.05, 0.1) is 30.1 Å². The van der Waals surface area contributed by atoms with Crippen LogP contribution in [0.2, 0.25) is 0 Å². The number of aromatic nitrogens is 2. The van der Waals surface area contributed by atoms with Crippen molar-refractivity contribution in [3.8, 4) is 0 Å². The van der Waals surface area contributed by atoms with Crippen LogP contribution in [0.4, 0.5) is 0 Å². The third kappa shape index (κ3) is 6.22. The van der Waals surface area contributed by atoms with Gasteiger partial charge in [-0.15, -0.1) is 0 Å². The summed E-state index contributed by atoms with van der Waals surface area (Å²) < 4.78 is 13.3. The van der Waals surface area contributed by atoms with Crippen LogP contribution in [0.5, 0.6) is 0 Å². The quantitative estimate of drug-likeness (QED) is 0.379. The molecule has 27 heavy (non-hydrogen) atoms. The van der Waals surface area contributed by atoms with Crippen LogP contribution in [0.1, 0.15) is 26.2 Å². The van der Waals surface area contributed by atoms with Gasteiger partial charge >= 0.3 is 0 Å². The van der Waals surface area contributed by atoms with E-state index in [0.29, 0.717) is 0 Å². The second-order valence-electron chi connectivity index (χ2n) is 6.68. The summed E-state index contributed by atoms with van der Waals surface area (Å²) in [5.74, 6) is 0.872. The minimum Gasteiger partial charge on any atom is -0.379 e. The highest BCUT2D eigenvalue weighted by Crippen LogP contribution is 2.12. The maximum absolute atomic E-state index is 5.79. The number of hydrogen-bond donors (Lipinski definition) is 2. The van der Waals surface area contributed by atoms with Crippen LogP contribution >= 0.6 is 0 Å². The number of rotatable bonds is 10. The SMILES string of the molecule is CCNC(=NCCCn1cnc2ccccc21)NCCCOC1CCOC1. The number of imidazole rings is 1. The lowest BCUT2D eigenvalue weighted by atomic mass is 10.3. The molecule has 1 aliphatic rings. The topological polar surface area (TPSA) is 72.7 Å². The molecule has 0 saturated carbocycles. The number of ether oxygens (including phenoxy) is 2. The van der Waals surface area contributed by atoms with Crippen molar-refractivity contribution in [3.63, 3.8) is 0 Å². The second-order valence-corrected chi connectivity index (χ2v) is 6.68. The molecule has 1 unspecified atom stereocenters. The number of benzene rings is 1. The van der Waals surface area contributed by atoms with Gasteiger partial charge in [-0.3, -0.25) is 4.99 Å². The van der Waals surface area contributed by atoms with Gasteiger partial charge in [0.2, 0.25) is 0 Å². The van der Waals surface area contributed by atoms with Gasteiger partial charge in [0, 0.05) is 39.4 Å². The van der Waals surface area contributed by atoms with Gasteiger partial charge < -0.3 is 24.7 Å². The number of para-hydroxylation sites is 2. The Labute approximate surface area is 161 Å². The van der Waals surface area contributed by atoms with E-state index in [1.807, 2.05) is 18.5 Å². The minimum atomic E-state index is 0.283. The van der Waals surface area contributed by atoms with Crippen LogP contribution in [-0.2, 0) is 16.0 Å². The summed E-state index contributed by atoms with van der Waals surface area (Å²) >= 11 is 0. The first kappa shape index (κ1) is 19.6. The smallest absolute Gasteiger partial charge is 0.191 e. The summed E-state index contributed by atoms with van der Waals surface area (Å²) in [4.78, 5) is 9.10. The molecule has 0 bridgehead atoms. The minimum absolute atomic E-state index is 0.283. The van der Waals surface area contributed by atoms with Crippen LogP contribution in [0.25, 0.3) is 11.0 Å². The lowest BCUT2D eigenvalue weighted by Crippen LogP contribution is -2.38. The van der Waals surface area contributed by atoms with Crippen LogP contribution in [-0.4, -0.2) is 61.1 Å². The van der Waals surface area contributed by atoms with E-state index in [0.717, 1.165) is 76.7 Å².